The van der Waals surface area contributed by atoms with E-state index in [4.69, 9.17) is 16.3 Å². The first-order chi connectivity index (χ1) is 16.4. The molecular formula is C28H35ClO5. The molecule has 4 N–H and O–H groups in total. The van der Waals surface area contributed by atoms with E-state index in [1.807, 2.05) is 6.07 Å². The zero-order valence-corrected chi connectivity index (χ0v) is 20.2. The summed E-state index contributed by atoms with van der Waals surface area (Å²) < 4.78 is 5.72. The molecule has 184 valence electrons. The maximum absolute atomic E-state index is 10.5. The average Bonchev–Trinajstić information content (AvgIpc) is 3.49. The summed E-state index contributed by atoms with van der Waals surface area (Å²) in [5, 5.41) is 40.8. The number of rotatable bonds is 5. The van der Waals surface area contributed by atoms with Gasteiger partial charge in [-0.25, -0.2) is 0 Å². The van der Waals surface area contributed by atoms with Crippen LogP contribution >= 0.6 is 11.6 Å². The van der Waals surface area contributed by atoms with Crippen molar-refractivity contribution in [1.29, 1.82) is 0 Å². The van der Waals surface area contributed by atoms with Gasteiger partial charge in [-0.1, -0.05) is 60.8 Å². The molecule has 2 aromatic rings. The molecule has 2 aliphatic carbocycles. The maximum atomic E-state index is 10.5. The first kappa shape index (κ1) is 24.2. The Hall–Kier alpha value is -1.47. The Labute approximate surface area is 206 Å². The number of hydrogen-bond donors (Lipinski definition) is 4. The third-order valence-corrected chi connectivity index (χ3v) is 8.87. The van der Waals surface area contributed by atoms with Gasteiger partial charge in [0.25, 0.3) is 0 Å². The highest BCUT2D eigenvalue weighted by Gasteiger charge is 2.44. The normalized spacial score (nSPS) is 33.0. The van der Waals surface area contributed by atoms with Crippen molar-refractivity contribution >= 4 is 11.6 Å². The largest absolute Gasteiger partial charge is 0.394 e. The highest BCUT2D eigenvalue weighted by Crippen LogP contribution is 2.55. The topological polar surface area (TPSA) is 90.2 Å². The molecule has 1 aliphatic heterocycles. The first-order valence-corrected chi connectivity index (χ1v) is 12.9. The highest BCUT2D eigenvalue weighted by atomic mass is 35.5. The molecule has 1 saturated heterocycles. The van der Waals surface area contributed by atoms with E-state index in [-0.39, 0.29) is 0 Å². The van der Waals surface area contributed by atoms with Crippen molar-refractivity contribution < 1.29 is 25.2 Å². The molecule has 6 heteroatoms. The van der Waals surface area contributed by atoms with Crippen LogP contribution in [-0.2, 0) is 11.2 Å². The lowest BCUT2D eigenvalue weighted by Gasteiger charge is -2.40. The van der Waals surface area contributed by atoms with E-state index in [0.29, 0.717) is 28.3 Å². The van der Waals surface area contributed by atoms with Crippen LogP contribution in [0.3, 0.4) is 0 Å². The standard InChI is InChI=1S/C28H35ClO5/c29-22-8-7-19(27-26(33)25(32)24(31)23(16-30)34-27)14-21(22)13-17-3-5-18(6-4-17)20-9-12-28(15-20)10-1-2-11-28/h3-8,14,20,23-27,30-33H,1-2,9-13,15-16H2/t20?,23-,24-,25+,26-,27+/m1/s1. The van der Waals surface area contributed by atoms with Crippen LogP contribution in [-0.4, -0.2) is 51.4 Å². The molecule has 0 amide bonds. The molecule has 3 aliphatic rings. The minimum absolute atomic E-state index is 0.448. The molecular weight excluding hydrogens is 452 g/mol. The Morgan fingerprint density at radius 2 is 1.59 bits per heavy atom. The van der Waals surface area contributed by atoms with Gasteiger partial charge in [-0.15, -0.1) is 0 Å². The fourth-order valence-electron chi connectivity index (χ4n) is 6.48. The average molecular weight is 487 g/mol. The summed E-state index contributed by atoms with van der Waals surface area (Å²) in [5.74, 6) is 0.672. The van der Waals surface area contributed by atoms with Gasteiger partial charge in [0, 0.05) is 5.02 Å². The SMILES string of the molecule is OC[C@H]1O[C@@H](c2ccc(Cl)c(Cc3ccc(C4CCC5(CCCC5)C4)cc3)c2)[C@H](O)[C@@H](O)[C@@H]1O. The van der Waals surface area contributed by atoms with Crippen molar-refractivity contribution in [2.75, 3.05) is 6.61 Å². The minimum atomic E-state index is -1.40. The van der Waals surface area contributed by atoms with Gasteiger partial charge >= 0.3 is 0 Å². The molecule has 0 radical (unpaired) electrons. The lowest BCUT2D eigenvalue weighted by atomic mass is 9.82. The van der Waals surface area contributed by atoms with E-state index in [0.717, 1.165) is 11.1 Å². The van der Waals surface area contributed by atoms with E-state index in [1.165, 1.54) is 50.5 Å². The summed E-state index contributed by atoms with van der Waals surface area (Å²) in [6.45, 7) is -0.448. The van der Waals surface area contributed by atoms with Gasteiger partial charge < -0.3 is 25.2 Å². The lowest BCUT2D eigenvalue weighted by Crippen LogP contribution is -2.55. The zero-order chi connectivity index (χ0) is 23.9. The van der Waals surface area contributed by atoms with Gasteiger partial charge in [-0.3, -0.25) is 0 Å². The molecule has 1 unspecified atom stereocenters. The van der Waals surface area contributed by atoms with Crippen LogP contribution in [0.15, 0.2) is 42.5 Å². The summed E-state index contributed by atoms with van der Waals surface area (Å²) in [4.78, 5) is 0. The number of benzene rings is 2. The van der Waals surface area contributed by atoms with Crippen molar-refractivity contribution in [1.82, 2.24) is 0 Å². The highest BCUT2D eigenvalue weighted by molar-refractivity contribution is 6.31. The van der Waals surface area contributed by atoms with Crippen molar-refractivity contribution in [2.24, 2.45) is 5.41 Å². The Kier molecular flexibility index (Phi) is 7.04. The maximum Gasteiger partial charge on any atom is 0.113 e. The monoisotopic (exact) mass is 486 g/mol. The summed E-state index contributed by atoms with van der Waals surface area (Å²) in [7, 11) is 0. The van der Waals surface area contributed by atoms with Gasteiger partial charge in [-0.2, -0.15) is 0 Å². The van der Waals surface area contributed by atoms with Crippen LogP contribution in [0.4, 0.5) is 0 Å². The molecule has 6 atom stereocenters. The Morgan fingerprint density at radius 3 is 2.29 bits per heavy atom. The minimum Gasteiger partial charge on any atom is -0.394 e. The molecule has 34 heavy (non-hydrogen) atoms. The quantitative estimate of drug-likeness (QED) is 0.506. The second-order valence-corrected chi connectivity index (χ2v) is 11.1. The van der Waals surface area contributed by atoms with Crippen LogP contribution < -0.4 is 0 Å². The smallest absolute Gasteiger partial charge is 0.113 e. The molecule has 2 saturated carbocycles. The van der Waals surface area contributed by atoms with E-state index in [1.54, 1.807) is 12.1 Å². The van der Waals surface area contributed by atoms with Gasteiger partial charge in [0.05, 0.1) is 6.61 Å². The summed E-state index contributed by atoms with van der Waals surface area (Å²) in [5.41, 5.74) is 4.76. The molecule has 2 aromatic carbocycles. The summed E-state index contributed by atoms with van der Waals surface area (Å²) in [6, 6.07) is 14.3. The van der Waals surface area contributed by atoms with Gasteiger partial charge in [-0.05, 0) is 78.2 Å². The molecule has 3 fully saturated rings. The second kappa shape index (κ2) is 9.88. The van der Waals surface area contributed by atoms with E-state index in [2.05, 4.69) is 24.3 Å². The van der Waals surface area contributed by atoms with Crippen molar-refractivity contribution in [2.45, 2.75) is 87.8 Å². The molecule has 1 spiro atoms. The zero-order valence-electron chi connectivity index (χ0n) is 19.4. The van der Waals surface area contributed by atoms with E-state index >= 15 is 0 Å². The predicted octanol–water partition coefficient (Wildman–Crippen LogP) is 4.27. The number of aliphatic hydroxyl groups excluding tert-OH is 4. The summed E-state index contributed by atoms with van der Waals surface area (Å²) >= 11 is 6.50. The van der Waals surface area contributed by atoms with Gasteiger partial charge in [0.15, 0.2) is 0 Å². The van der Waals surface area contributed by atoms with Crippen LogP contribution in [0.1, 0.15) is 79.2 Å². The Balaban J connectivity index is 1.30. The molecule has 0 aromatic heterocycles. The number of ether oxygens (including phenoxy) is 1. The molecule has 5 rings (SSSR count). The number of aliphatic hydroxyl groups is 4. The van der Waals surface area contributed by atoms with Gasteiger partial charge in [0.2, 0.25) is 0 Å². The van der Waals surface area contributed by atoms with Crippen LogP contribution in [0.5, 0.6) is 0 Å². The van der Waals surface area contributed by atoms with Crippen LogP contribution in [0.2, 0.25) is 5.02 Å². The third-order valence-electron chi connectivity index (χ3n) is 8.50. The third kappa shape index (κ3) is 4.67. The Bertz CT molecular complexity index is 985. The summed E-state index contributed by atoms with van der Waals surface area (Å²) in [6.07, 6.45) is 4.38. The van der Waals surface area contributed by atoms with Crippen LogP contribution in [0, 0.1) is 5.41 Å². The number of halogens is 1. The van der Waals surface area contributed by atoms with Crippen LogP contribution in [0.25, 0.3) is 0 Å². The Morgan fingerprint density at radius 1 is 0.882 bits per heavy atom. The molecule has 0 bridgehead atoms. The second-order valence-electron chi connectivity index (χ2n) is 10.7. The fourth-order valence-corrected chi connectivity index (χ4v) is 6.67. The predicted molar refractivity (Wildman–Crippen MR) is 131 cm³/mol. The molecule has 1 heterocycles. The first-order valence-electron chi connectivity index (χ1n) is 12.6. The molecule has 5 nitrogen and oxygen atoms in total. The van der Waals surface area contributed by atoms with Crippen molar-refractivity contribution in [3.8, 4) is 0 Å². The van der Waals surface area contributed by atoms with Crippen molar-refractivity contribution in [3.63, 3.8) is 0 Å². The van der Waals surface area contributed by atoms with E-state index < -0.39 is 37.1 Å². The van der Waals surface area contributed by atoms with E-state index in [9.17, 15) is 20.4 Å². The van der Waals surface area contributed by atoms with Gasteiger partial charge in [0.1, 0.15) is 30.5 Å². The number of hydrogen-bond acceptors (Lipinski definition) is 5. The van der Waals surface area contributed by atoms with Crippen molar-refractivity contribution in [3.05, 3.63) is 69.7 Å². The fraction of sp³-hybridized carbons (Fsp3) is 0.571. The lowest BCUT2D eigenvalue weighted by molar-refractivity contribution is -0.231.